The van der Waals surface area contributed by atoms with Crippen molar-refractivity contribution in [1.29, 1.82) is 0 Å². The Morgan fingerprint density at radius 1 is 1.07 bits per heavy atom. The molecule has 3 aliphatic rings. The number of ether oxygens (including phenoxy) is 1. The number of allylic oxidation sites excluding steroid dienone is 1. The minimum atomic E-state index is -1.07. The number of carboxylic acids is 1. The second kappa shape index (κ2) is 12.1. The Bertz CT molecular complexity index is 2030. The smallest absolute Gasteiger partial charge is 0.681 e. The molecule has 1 saturated heterocycles. The second-order valence-corrected chi connectivity index (χ2v) is 12.1. The molecule has 6 rings (SSSR count). The molecule has 4 N–H and O–H groups in total. The average molecular weight is 619 g/mol. The van der Waals surface area contributed by atoms with E-state index in [0.29, 0.717) is 28.3 Å². The van der Waals surface area contributed by atoms with Crippen molar-refractivity contribution in [2.45, 2.75) is 59.9 Å². The van der Waals surface area contributed by atoms with Crippen LogP contribution in [0, 0.1) is 38.5 Å². The standard InChI is InChI=1S/C35H38N4O5.Mg/c1-8-19-15(3)22-12-24-17(5)21(10-11-28(40)41)32(38-24)30-31(35(43)44-7)34(42)29-18(6)25(39-33(29)30)14-27-20(9-2)16(4)23(37-27)13-26(19)36-22;/h8,12-14,17,21,31-32,36-37,42H,1,9-11H2,2-7H3,(H,40,41);/q-2;+2/b23-13-,24-12+,27-14-;/t17-,21-,31+,32?;/m0./s1. The Morgan fingerprint density at radius 2 is 1.80 bits per heavy atom. The van der Waals surface area contributed by atoms with Crippen molar-refractivity contribution in [1.82, 2.24) is 15.0 Å². The second-order valence-electron chi connectivity index (χ2n) is 12.1. The number of aromatic nitrogens is 3. The first kappa shape index (κ1) is 32.5. The molecule has 3 aromatic rings. The number of aliphatic hydroxyl groups excluding tert-OH is 1. The van der Waals surface area contributed by atoms with Gasteiger partial charge in [-0.25, -0.2) is 0 Å². The molecule has 2 aliphatic heterocycles. The van der Waals surface area contributed by atoms with Crippen LogP contribution in [0.15, 0.2) is 12.3 Å². The third-order valence-electron chi connectivity index (χ3n) is 9.83. The maximum Gasteiger partial charge on any atom is 2.00 e. The number of carbonyl (C=O) groups is 2. The van der Waals surface area contributed by atoms with Gasteiger partial charge in [0.05, 0.1) is 7.11 Å². The number of rotatable bonds is 6. The zero-order valence-corrected chi connectivity index (χ0v) is 28.1. The van der Waals surface area contributed by atoms with Gasteiger partial charge in [0.1, 0.15) is 11.7 Å². The summed E-state index contributed by atoms with van der Waals surface area (Å²) in [6.45, 7) is 14.3. The Labute approximate surface area is 277 Å². The van der Waals surface area contributed by atoms with Crippen LogP contribution in [0.3, 0.4) is 0 Å². The first-order chi connectivity index (χ1) is 21.0. The average Bonchev–Trinajstić information content (AvgIpc) is 3.72. The molecule has 1 unspecified atom stereocenters. The number of aliphatic hydroxyl groups is 1. The summed E-state index contributed by atoms with van der Waals surface area (Å²) in [5.74, 6) is -3.03. The van der Waals surface area contributed by atoms with Gasteiger partial charge in [0.25, 0.3) is 0 Å². The van der Waals surface area contributed by atoms with E-state index < -0.39 is 23.9 Å². The van der Waals surface area contributed by atoms with Gasteiger partial charge in [-0.05, 0) is 68.2 Å². The number of fused-ring (bicyclic) bond motifs is 8. The third kappa shape index (κ3) is 5.08. The Kier molecular flexibility index (Phi) is 8.76. The number of carbonyl (C=O) groups excluding carboxylic acids is 1. The molecule has 0 saturated carbocycles. The number of aromatic amines is 2. The molecule has 10 heteroatoms. The van der Waals surface area contributed by atoms with Gasteiger partial charge in [0, 0.05) is 39.3 Å². The van der Waals surface area contributed by atoms with E-state index in [1.807, 2.05) is 39.0 Å². The zero-order chi connectivity index (χ0) is 31.6. The number of H-pyrrole nitrogens is 2. The molecule has 8 bridgehead atoms. The van der Waals surface area contributed by atoms with Crippen molar-refractivity contribution in [2.75, 3.05) is 7.11 Å². The number of nitrogens with zero attached hydrogens (tertiary/aromatic N) is 2. The Balaban J connectivity index is 0.00000400. The van der Waals surface area contributed by atoms with Crippen LogP contribution in [-0.4, -0.2) is 68.3 Å². The summed E-state index contributed by atoms with van der Waals surface area (Å²) in [4.78, 5) is 37.2. The number of carboxylic acid groups (broad SMARTS) is 1. The predicted molar refractivity (Wildman–Crippen MR) is 176 cm³/mol. The molecular weight excluding hydrogens is 581 g/mol. The molecule has 3 aromatic heterocycles. The zero-order valence-electron chi connectivity index (χ0n) is 26.7. The maximum atomic E-state index is 13.2. The first-order valence-corrected chi connectivity index (χ1v) is 15.1. The normalized spacial score (nSPS) is 24.0. The van der Waals surface area contributed by atoms with Crippen molar-refractivity contribution >= 4 is 70.6 Å². The Morgan fingerprint density at radius 3 is 2.44 bits per heavy atom. The summed E-state index contributed by atoms with van der Waals surface area (Å²) in [7, 11) is 1.30. The molecule has 9 nitrogen and oxygen atoms in total. The molecule has 5 heterocycles. The van der Waals surface area contributed by atoms with Crippen LogP contribution in [0.5, 0.6) is 0 Å². The van der Waals surface area contributed by atoms with Gasteiger partial charge in [0.2, 0.25) is 0 Å². The fourth-order valence-electron chi connectivity index (χ4n) is 7.36. The fourth-order valence-corrected chi connectivity index (χ4v) is 7.36. The van der Waals surface area contributed by atoms with Gasteiger partial charge in [-0.2, -0.15) is 5.70 Å². The van der Waals surface area contributed by atoms with Crippen LogP contribution >= 0.6 is 0 Å². The molecule has 0 amide bonds. The van der Waals surface area contributed by atoms with Crippen molar-refractivity contribution in [2.24, 2.45) is 17.8 Å². The monoisotopic (exact) mass is 618 g/mol. The molecule has 0 radical (unpaired) electrons. The van der Waals surface area contributed by atoms with E-state index in [1.54, 1.807) is 0 Å². The van der Waals surface area contributed by atoms with Crippen molar-refractivity contribution in [3.8, 4) is 0 Å². The molecule has 0 spiro atoms. The number of esters is 1. The summed E-state index contributed by atoms with van der Waals surface area (Å²) in [6.07, 6.45) is 9.08. The van der Waals surface area contributed by atoms with Crippen LogP contribution in [0.2, 0.25) is 0 Å². The van der Waals surface area contributed by atoms with Crippen LogP contribution in [0.4, 0.5) is 0 Å². The first-order valence-electron chi connectivity index (χ1n) is 15.1. The topological polar surface area (TPSA) is 144 Å². The summed E-state index contributed by atoms with van der Waals surface area (Å²) in [6, 6.07) is -0.580. The van der Waals surface area contributed by atoms with Crippen molar-refractivity contribution in [3.63, 3.8) is 0 Å². The van der Waals surface area contributed by atoms with Gasteiger partial charge in [-0.1, -0.05) is 55.8 Å². The van der Waals surface area contributed by atoms with E-state index in [-0.39, 0.29) is 47.1 Å². The summed E-state index contributed by atoms with van der Waals surface area (Å²) >= 11 is 0. The number of aliphatic carboxylic acids is 1. The quantitative estimate of drug-likeness (QED) is 0.247. The SMILES string of the molecule is C=Cc1c2[nH]c(c1C)/C=C1/[N-]C(C3=c4[n-]c(c(C)c4=C(O)[C@@H]3C(=O)OC)/C=c3\[nH]/c(c(C)c3CC)=C\2)[C@@H](CCC(=O)O)[C@@H]1C.[Mg+2]. The van der Waals surface area contributed by atoms with Crippen LogP contribution in [0.1, 0.15) is 71.6 Å². The summed E-state index contributed by atoms with van der Waals surface area (Å²) < 4.78 is 5.18. The number of hydrogen-bond donors (Lipinski definition) is 4. The van der Waals surface area contributed by atoms with Gasteiger partial charge in [-0.3, -0.25) is 9.59 Å². The third-order valence-corrected chi connectivity index (χ3v) is 9.83. The van der Waals surface area contributed by atoms with Gasteiger partial charge in [0.15, 0.2) is 0 Å². The largest absolute Gasteiger partial charge is 2.00 e. The summed E-state index contributed by atoms with van der Waals surface area (Å²) in [5, 5.41) is 29.3. The molecule has 0 aromatic carbocycles. The number of methoxy groups -OCH3 is 1. The maximum absolute atomic E-state index is 13.2. The van der Waals surface area contributed by atoms with E-state index in [4.69, 9.17) is 15.0 Å². The van der Waals surface area contributed by atoms with E-state index in [2.05, 4.69) is 36.5 Å². The summed E-state index contributed by atoms with van der Waals surface area (Å²) in [5.41, 5.74) is 8.91. The van der Waals surface area contributed by atoms with Crippen LogP contribution in [0.25, 0.3) is 41.0 Å². The van der Waals surface area contributed by atoms with E-state index in [9.17, 15) is 19.8 Å². The van der Waals surface area contributed by atoms with Crippen molar-refractivity contribution < 1.29 is 24.5 Å². The van der Waals surface area contributed by atoms with Gasteiger partial charge >= 0.3 is 35.0 Å². The number of hydrogen-bond acceptors (Lipinski definition) is 4. The van der Waals surface area contributed by atoms with Crippen LogP contribution < -0.4 is 26.3 Å². The van der Waals surface area contributed by atoms with E-state index in [0.717, 1.165) is 62.0 Å². The molecule has 230 valence electrons. The molecular formula is C35H38MgN4O5. The van der Waals surface area contributed by atoms with E-state index in [1.165, 1.54) is 7.11 Å². The fraction of sp³-hybridized carbons (Fsp3) is 0.371. The minimum absolute atomic E-state index is 0. The molecule has 4 atom stereocenters. The van der Waals surface area contributed by atoms with Crippen molar-refractivity contribution in [3.05, 3.63) is 83.8 Å². The Hall–Kier alpha value is -3.89. The molecule has 1 fully saturated rings. The van der Waals surface area contributed by atoms with Gasteiger partial charge in [-0.15, -0.1) is 11.0 Å². The minimum Gasteiger partial charge on any atom is -0.681 e. The van der Waals surface area contributed by atoms with E-state index >= 15 is 0 Å². The van der Waals surface area contributed by atoms with Gasteiger partial charge < -0.3 is 35.2 Å². The van der Waals surface area contributed by atoms with Crippen LogP contribution in [-0.2, 0) is 20.7 Å². The number of nitrogens with one attached hydrogen (secondary N) is 2. The predicted octanol–water partition coefficient (Wildman–Crippen LogP) is 2.55. The molecule has 1 aliphatic carbocycles. The molecule has 45 heavy (non-hydrogen) atoms.